The molecule has 0 radical (unpaired) electrons. The fourth-order valence-corrected chi connectivity index (χ4v) is 4.42. The first kappa shape index (κ1) is 30.4. The van der Waals surface area contributed by atoms with E-state index in [1.807, 2.05) is 13.0 Å². The number of esters is 1. The second kappa shape index (κ2) is 14.3. The summed E-state index contributed by atoms with van der Waals surface area (Å²) in [5, 5.41) is 9.10. The predicted octanol–water partition coefficient (Wildman–Crippen LogP) is 3.35. The Hall–Kier alpha value is -4.15. The minimum atomic E-state index is -1.79. The summed E-state index contributed by atoms with van der Waals surface area (Å²) < 4.78 is 15.7. The lowest BCUT2D eigenvalue weighted by Crippen LogP contribution is -2.51. The maximum Gasteiger partial charge on any atom is 0.417 e. The SMILES string of the molecule is CO[C@H](C(=O)N1C(=O)OC[C@@H]1c1ccccc1)[C@H](OC(C)=O)C(=O)C=C(C(=O)CCCCO)c1cccc(C)c1. The molecule has 1 aliphatic heterocycles. The van der Waals surface area contributed by atoms with Crippen molar-refractivity contribution in [1.82, 2.24) is 4.90 Å². The molecule has 0 unspecified atom stereocenters. The van der Waals surface area contributed by atoms with E-state index in [1.165, 1.54) is 0 Å². The van der Waals surface area contributed by atoms with E-state index in [-0.39, 0.29) is 31.0 Å². The number of imide groups is 1. The second-order valence-corrected chi connectivity index (χ2v) is 9.33. The van der Waals surface area contributed by atoms with E-state index in [1.54, 1.807) is 48.5 Å². The highest BCUT2D eigenvalue weighted by Crippen LogP contribution is 2.30. The number of carbonyl (C=O) groups excluding carboxylic acids is 5. The lowest BCUT2D eigenvalue weighted by Gasteiger charge is -2.28. The Morgan fingerprint density at radius 1 is 1.07 bits per heavy atom. The van der Waals surface area contributed by atoms with Crippen molar-refractivity contribution in [2.75, 3.05) is 20.3 Å². The van der Waals surface area contributed by atoms with E-state index in [9.17, 15) is 24.0 Å². The van der Waals surface area contributed by atoms with Crippen LogP contribution in [0.5, 0.6) is 0 Å². The number of rotatable bonds is 13. The van der Waals surface area contributed by atoms with Gasteiger partial charge in [-0.2, -0.15) is 0 Å². The molecule has 3 atom stereocenters. The fourth-order valence-electron chi connectivity index (χ4n) is 4.42. The van der Waals surface area contributed by atoms with Crippen LogP contribution in [0, 0.1) is 6.92 Å². The van der Waals surface area contributed by atoms with Crippen molar-refractivity contribution in [2.24, 2.45) is 0 Å². The highest BCUT2D eigenvalue weighted by Gasteiger charge is 2.46. The number of unbranched alkanes of at least 4 members (excludes halogenated alkanes) is 1. The van der Waals surface area contributed by atoms with Gasteiger partial charge < -0.3 is 19.3 Å². The molecule has 40 heavy (non-hydrogen) atoms. The topological polar surface area (TPSA) is 137 Å². The van der Waals surface area contributed by atoms with Crippen molar-refractivity contribution >= 4 is 35.1 Å². The van der Waals surface area contributed by atoms with E-state index in [0.717, 1.165) is 30.6 Å². The minimum absolute atomic E-state index is 0.0637. The van der Waals surface area contributed by atoms with Crippen LogP contribution in [0.3, 0.4) is 0 Å². The van der Waals surface area contributed by atoms with Gasteiger partial charge in [0.2, 0.25) is 0 Å². The first-order valence-electron chi connectivity index (χ1n) is 12.9. The molecule has 212 valence electrons. The Morgan fingerprint density at radius 3 is 2.42 bits per heavy atom. The van der Waals surface area contributed by atoms with Crippen molar-refractivity contribution in [1.29, 1.82) is 0 Å². The van der Waals surface area contributed by atoms with Crippen molar-refractivity contribution in [3.05, 3.63) is 77.4 Å². The van der Waals surface area contributed by atoms with Crippen LogP contribution >= 0.6 is 0 Å². The molecule has 1 N–H and O–H groups in total. The number of hydrogen-bond donors (Lipinski definition) is 1. The Kier molecular flexibility index (Phi) is 10.9. The number of benzene rings is 2. The quantitative estimate of drug-likeness (QED) is 0.226. The fraction of sp³-hybridized carbons (Fsp3) is 0.367. The third kappa shape index (κ3) is 7.49. The number of allylic oxidation sites excluding steroid dienone is 1. The van der Waals surface area contributed by atoms with Gasteiger partial charge in [0.15, 0.2) is 23.8 Å². The molecular weight excluding hydrogens is 518 g/mol. The van der Waals surface area contributed by atoms with Crippen LogP contribution in [0.2, 0.25) is 0 Å². The molecule has 0 aromatic heterocycles. The van der Waals surface area contributed by atoms with E-state index in [0.29, 0.717) is 24.0 Å². The molecule has 10 nitrogen and oxygen atoms in total. The molecule has 0 spiro atoms. The zero-order valence-electron chi connectivity index (χ0n) is 22.7. The van der Waals surface area contributed by atoms with Crippen LogP contribution in [-0.2, 0) is 33.4 Å². The number of cyclic esters (lactones) is 1. The van der Waals surface area contributed by atoms with Crippen LogP contribution in [0.25, 0.3) is 5.57 Å². The monoisotopic (exact) mass is 551 g/mol. The first-order chi connectivity index (χ1) is 19.2. The second-order valence-electron chi connectivity index (χ2n) is 9.33. The van der Waals surface area contributed by atoms with Gasteiger partial charge in [0.25, 0.3) is 5.91 Å². The third-order valence-corrected chi connectivity index (χ3v) is 6.37. The summed E-state index contributed by atoms with van der Waals surface area (Å²) in [5.41, 5.74) is 2.01. The minimum Gasteiger partial charge on any atom is -0.451 e. The molecule has 2 aromatic rings. The lowest BCUT2D eigenvalue weighted by molar-refractivity contribution is -0.166. The molecule has 10 heteroatoms. The zero-order valence-corrected chi connectivity index (χ0v) is 22.7. The van der Waals surface area contributed by atoms with Gasteiger partial charge in [-0.1, -0.05) is 60.2 Å². The largest absolute Gasteiger partial charge is 0.451 e. The third-order valence-electron chi connectivity index (χ3n) is 6.37. The number of Topliss-reactive ketones (excluding diaryl/α,β-unsaturated/α-hetero) is 1. The molecule has 1 saturated heterocycles. The molecule has 2 amide bonds. The van der Waals surface area contributed by atoms with Gasteiger partial charge in [-0.05, 0) is 37.0 Å². The Bertz CT molecular complexity index is 1270. The zero-order chi connectivity index (χ0) is 29.2. The summed E-state index contributed by atoms with van der Waals surface area (Å²) in [6, 6.07) is 14.9. The normalized spacial score (nSPS) is 16.7. The van der Waals surface area contributed by atoms with Crippen LogP contribution in [0.4, 0.5) is 4.79 Å². The number of ether oxygens (including phenoxy) is 3. The molecule has 0 aliphatic carbocycles. The molecule has 1 fully saturated rings. The lowest BCUT2D eigenvalue weighted by atomic mass is 9.94. The summed E-state index contributed by atoms with van der Waals surface area (Å²) >= 11 is 0. The van der Waals surface area contributed by atoms with Gasteiger partial charge in [0, 0.05) is 32.6 Å². The van der Waals surface area contributed by atoms with Crippen molar-refractivity contribution in [3.63, 3.8) is 0 Å². The number of hydrogen-bond acceptors (Lipinski definition) is 9. The number of carbonyl (C=O) groups is 5. The predicted molar refractivity (Wildman–Crippen MR) is 144 cm³/mol. The number of aliphatic hydroxyl groups is 1. The number of methoxy groups -OCH3 is 1. The molecule has 1 heterocycles. The van der Waals surface area contributed by atoms with E-state index in [2.05, 4.69) is 0 Å². The van der Waals surface area contributed by atoms with Gasteiger partial charge in [0.1, 0.15) is 12.6 Å². The highest BCUT2D eigenvalue weighted by atomic mass is 16.6. The Morgan fingerprint density at radius 2 is 1.80 bits per heavy atom. The van der Waals surface area contributed by atoms with Crippen LogP contribution < -0.4 is 0 Å². The molecular formula is C30H33NO9. The summed E-state index contributed by atoms with van der Waals surface area (Å²) in [6.45, 7) is 2.72. The molecule has 0 saturated carbocycles. The molecule has 3 rings (SSSR count). The first-order valence-corrected chi connectivity index (χ1v) is 12.9. The van der Waals surface area contributed by atoms with Crippen LogP contribution in [0.1, 0.15) is 48.9 Å². The number of amides is 2. The number of aryl methyl sites for hydroxylation is 1. The average molecular weight is 552 g/mol. The summed E-state index contributed by atoms with van der Waals surface area (Å²) in [4.78, 5) is 65.9. The van der Waals surface area contributed by atoms with Crippen molar-refractivity contribution in [2.45, 2.75) is 51.4 Å². The van der Waals surface area contributed by atoms with Gasteiger partial charge in [0.05, 0.1) is 0 Å². The number of ketones is 2. The summed E-state index contributed by atoms with van der Waals surface area (Å²) in [7, 11) is 1.15. The summed E-state index contributed by atoms with van der Waals surface area (Å²) in [6.07, 6.45) is -2.50. The Balaban J connectivity index is 1.99. The van der Waals surface area contributed by atoms with Gasteiger partial charge >= 0.3 is 12.1 Å². The number of nitrogens with zero attached hydrogens (tertiary/aromatic N) is 1. The van der Waals surface area contributed by atoms with E-state index >= 15 is 0 Å². The molecule has 2 aromatic carbocycles. The van der Waals surface area contributed by atoms with Crippen molar-refractivity contribution in [3.8, 4) is 0 Å². The van der Waals surface area contributed by atoms with Crippen LogP contribution in [-0.4, -0.2) is 72.1 Å². The maximum atomic E-state index is 13.7. The average Bonchev–Trinajstić information content (AvgIpc) is 3.32. The summed E-state index contributed by atoms with van der Waals surface area (Å²) in [5.74, 6) is -3.03. The van der Waals surface area contributed by atoms with Crippen molar-refractivity contribution < 1.29 is 43.3 Å². The maximum absolute atomic E-state index is 13.7. The smallest absolute Gasteiger partial charge is 0.417 e. The van der Waals surface area contributed by atoms with Crippen LogP contribution in [0.15, 0.2) is 60.7 Å². The van der Waals surface area contributed by atoms with Gasteiger partial charge in [-0.15, -0.1) is 0 Å². The van der Waals surface area contributed by atoms with Gasteiger partial charge in [-0.25, -0.2) is 9.69 Å². The number of aliphatic hydroxyl groups excluding tert-OH is 1. The van der Waals surface area contributed by atoms with Gasteiger partial charge in [-0.3, -0.25) is 19.2 Å². The van der Waals surface area contributed by atoms with E-state index in [4.69, 9.17) is 19.3 Å². The van der Waals surface area contributed by atoms with E-state index < -0.39 is 42.0 Å². The Labute approximate surface area is 232 Å². The molecule has 0 bridgehead atoms. The molecule has 1 aliphatic rings. The highest BCUT2D eigenvalue weighted by molar-refractivity contribution is 6.25. The standard InChI is InChI=1S/C30H33NO9/c1-19-10-9-13-22(16-19)23(25(34)14-7-8-15-32)17-26(35)27(40-20(2)33)28(38-3)29(36)31-24(18-39-30(31)37)21-11-5-4-6-12-21/h4-6,9-13,16-17,24,27-28,32H,7-8,14-15,18H2,1-3H3/t24-,27-,28+/m1/s1.